The Morgan fingerprint density at radius 2 is 1.74 bits per heavy atom. The minimum absolute atomic E-state index is 0.221. The van der Waals surface area contributed by atoms with Gasteiger partial charge in [-0.2, -0.15) is 0 Å². The number of nitrogens with one attached hydrogen (secondary N) is 1. The maximum absolute atomic E-state index is 9.18. The molecule has 0 atom stereocenters. The lowest BCUT2D eigenvalue weighted by atomic mass is 10.1. The molecule has 1 heterocycles. The van der Waals surface area contributed by atoms with Crippen LogP contribution in [0.1, 0.15) is 5.56 Å². The highest BCUT2D eigenvalue weighted by molar-refractivity contribution is 6.42. The van der Waals surface area contributed by atoms with Gasteiger partial charge in [0.05, 0.1) is 10.0 Å². The van der Waals surface area contributed by atoms with Gasteiger partial charge in [-0.25, -0.2) is 4.98 Å². The Kier molecular flexibility index (Phi) is 4.75. The Balaban J connectivity index is 1.96. The summed E-state index contributed by atoms with van der Waals surface area (Å²) >= 11 is 17.6. The van der Waals surface area contributed by atoms with Crippen molar-refractivity contribution in [2.75, 3.05) is 11.9 Å². The van der Waals surface area contributed by atoms with Gasteiger partial charge in [0.15, 0.2) is 0 Å². The summed E-state index contributed by atoms with van der Waals surface area (Å²) < 4.78 is 0. The molecule has 2 N–H and O–H groups in total. The largest absolute Gasteiger partial charge is 0.508 e. The Morgan fingerprint density at radius 1 is 1.05 bits per heavy atom. The van der Waals surface area contributed by atoms with Crippen molar-refractivity contribution in [3.8, 4) is 5.75 Å². The third-order valence-electron chi connectivity index (χ3n) is 2.53. The van der Waals surface area contributed by atoms with E-state index in [2.05, 4.69) is 10.3 Å². The normalized spacial score (nSPS) is 10.5. The van der Waals surface area contributed by atoms with Crippen LogP contribution in [0.15, 0.2) is 30.3 Å². The van der Waals surface area contributed by atoms with Crippen LogP contribution in [-0.4, -0.2) is 16.6 Å². The van der Waals surface area contributed by atoms with Crippen molar-refractivity contribution in [2.24, 2.45) is 0 Å². The van der Waals surface area contributed by atoms with Gasteiger partial charge in [0.2, 0.25) is 0 Å². The standard InChI is InChI=1S/C13H11Cl3N2O/c14-10-7-11(15)13(18-12(10)16)17-6-5-8-1-3-9(19)4-2-8/h1-4,7,19H,5-6H2,(H,17,18). The lowest BCUT2D eigenvalue weighted by molar-refractivity contribution is 0.475. The first-order valence-corrected chi connectivity index (χ1v) is 6.73. The second-order valence-electron chi connectivity index (χ2n) is 3.93. The minimum Gasteiger partial charge on any atom is -0.508 e. The molecule has 0 amide bonds. The molecule has 0 aliphatic heterocycles. The van der Waals surface area contributed by atoms with E-state index in [9.17, 15) is 5.11 Å². The van der Waals surface area contributed by atoms with Crippen molar-refractivity contribution in [3.05, 3.63) is 51.1 Å². The summed E-state index contributed by atoms with van der Waals surface area (Å²) in [5.74, 6) is 0.765. The van der Waals surface area contributed by atoms with Crippen LogP contribution in [0.25, 0.3) is 0 Å². The first kappa shape index (κ1) is 14.3. The zero-order valence-electron chi connectivity index (χ0n) is 9.83. The maximum atomic E-state index is 9.18. The van der Waals surface area contributed by atoms with E-state index >= 15 is 0 Å². The highest BCUT2D eigenvalue weighted by atomic mass is 35.5. The molecule has 19 heavy (non-hydrogen) atoms. The molecule has 100 valence electrons. The van der Waals surface area contributed by atoms with E-state index in [1.54, 1.807) is 18.2 Å². The van der Waals surface area contributed by atoms with E-state index in [1.165, 1.54) is 0 Å². The summed E-state index contributed by atoms with van der Waals surface area (Å²) in [5.41, 5.74) is 1.10. The first-order chi connectivity index (χ1) is 9.06. The fourth-order valence-corrected chi connectivity index (χ4v) is 2.12. The smallest absolute Gasteiger partial charge is 0.150 e. The Labute approximate surface area is 126 Å². The quantitative estimate of drug-likeness (QED) is 0.821. The summed E-state index contributed by atoms with van der Waals surface area (Å²) in [4.78, 5) is 4.07. The molecule has 0 saturated heterocycles. The fourth-order valence-electron chi connectivity index (χ4n) is 1.56. The number of aromatic nitrogens is 1. The minimum atomic E-state index is 0.221. The van der Waals surface area contributed by atoms with Gasteiger partial charge in [-0.05, 0) is 30.2 Å². The van der Waals surface area contributed by atoms with E-state index in [0.717, 1.165) is 12.0 Å². The molecule has 3 nitrogen and oxygen atoms in total. The first-order valence-electron chi connectivity index (χ1n) is 5.59. The Hall–Kier alpha value is -1.16. The van der Waals surface area contributed by atoms with Crippen molar-refractivity contribution in [2.45, 2.75) is 6.42 Å². The second kappa shape index (κ2) is 6.33. The molecule has 0 bridgehead atoms. The number of nitrogens with zero attached hydrogens (tertiary/aromatic N) is 1. The van der Waals surface area contributed by atoms with Crippen LogP contribution in [0.5, 0.6) is 5.75 Å². The predicted octanol–water partition coefficient (Wildman–Crippen LogP) is 4.40. The topological polar surface area (TPSA) is 45.1 Å². The second-order valence-corrected chi connectivity index (χ2v) is 5.11. The van der Waals surface area contributed by atoms with Crippen LogP contribution >= 0.6 is 34.8 Å². The van der Waals surface area contributed by atoms with Crippen molar-refractivity contribution in [1.82, 2.24) is 4.98 Å². The number of aromatic hydroxyl groups is 1. The average Bonchev–Trinajstić information content (AvgIpc) is 2.38. The van der Waals surface area contributed by atoms with Crippen molar-refractivity contribution in [1.29, 1.82) is 0 Å². The monoisotopic (exact) mass is 316 g/mol. The molecule has 0 saturated carbocycles. The number of halogens is 3. The van der Waals surface area contributed by atoms with Crippen LogP contribution in [0.3, 0.4) is 0 Å². The molecule has 0 fully saturated rings. The SMILES string of the molecule is Oc1ccc(CCNc2nc(Cl)c(Cl)cc2Cl)cc1. The number of pyridine rings is 1. The van der Waals surface area contributed by atoms with Gasteiger partial charge >= 0.3 is 0 Å². The highest BCUT2D eigenvalue weighted by Crippen LogP contribution is 2.28. The van der Waals surface area contributed by atoms with Crippen LogP contribution in [0.4, 0.5) is 5.82 Å². The van der Waals surface area contributed by atoms with Gasteiger partial charge < -0.3 is 10.4 Å². The van der Waals surface area contributed by atoms with Crippen molar-refractivity contribution < 1.29 is 5.11 Å². The number of phenols is 1. The number of benzene rings is 1. The highest BCUT2D eigenvalue weighted by Gasteiger charge is 2.07. The Bertz CT molecular complexity index is 573. The van der Waals surface area contributed by atoms with Gasteiger partial charge in [0, 0.05) is 6.54 Å². The van der Waals surface area contributed by atoms with Crippen LogP contribution in [-0.2, 0) is 6.42 Å². The molecule has 0 radical (unpaired) electrons. The van der Waals surface area contributed by atoms with E-state index in [1.807, 2.05) is 12.1 Å². The van der Waals surface area contributed by atoms with Crippen LogP contribution in [0.2, 0.25) is 15.2 Å². The number of hydrogen-bond donors (Lipinski definition) is 2. The fraction of sp³-hybridized carbons (Fsp3) is 0.154. The van der Waals surface area contributed by atoms with Crippen molar-refractivity contribution in [3.63, 3.8) is 0 Å². The number of hydrogen-bond acceptors (Lipinski definition) is 3. The molecule has 1 aromatic heterocycles. The summed E-state index contributed by atoms with van der Waals surface area (Å²) in [7, 11) is 0. The van der Waals surface area contributed by atoms with Gasteiger partial charge in [-0.3, -0.25) is 0 Å². The lowest BCUT2D eigenvalue weighted by Crippen LogP contribution is -2.07. The average molecular weight is 318 g/mol. The molecule has 0 aliphatic carbocycles. The van der Waals surface area contributed by atoms with E-state index in [4.69, 9.17) is 34.8 Å². The maximum Gasteiger partial charge on any atom is 0.150 e. The van der Waals surface area contributed by atoms with Crippen molar-refractivity contribution >= 4 is 40.6 Å². The van der Waals surface area contributed by atoms with Gasteiger partial charge in [-0.1, -0.05) is 46.9 Å². The summed E-state index contributed by atoms with van der Waals surface area (Å²) in [6.07, 6.45) is 0.776. The molecular formula is C13H11Cl3N2O. The van der Waals surface area contributed by atoms with Gasteiger partial charge in [0.1, 0.15) is 16.7 Å². The molecule has 0 spiro atoms. The summed E-state index contributed by atoms with van der Waals surface area (Å²) in [5, 5.41) is 13.3. The molecule has 0 aliphatic rings. The zero-order valence-corrected chi connectivity index (χ0v) is 12.1. The predicted molar refractivity (Wildman–Crippen MR) is 79.6 cm³/mol. The third-order valence-corrected chi connectivity index (χ3v) is 3.49. The molecule has 0 unspecified atom stereocenters. The molecule has 6 heteroatoms. The number of rotatable bonds is 4. The number of phenolic OH excluding ortho intramolecular Hbond substituents is 1. The summed E-state index contributed by atoms with van der Waals surface area (Å²) in [6.45, 7) is 0.648. The van der Waals surface area contributed by atoms with Gasteiger partial charge in [-0.15, -0.1) is 0 Å². The van der Waals surface area contributed by atoms with E-state index < -0.39 is 0 Å². The molecule has 2 rings (SSSR count). The molecular weight excluding hydrogens is 307 g/mol. The molecule has 2 aromatic rings. The zero-order chi connectivity index (χ0) is 13.8. The van der Waals surface area contributed by atoms with Gasteiger partial charge in [0.25, 0.3) is 0 Å². The molecule has 1 aromatic carbocycles. The number of anilines is 1. The Morgan fingerprint density at radius 3 is 2.42 bits per heavy atom. The van der Waals surface area contributed by atoms with Crippen LogP contribution < -0.4 is 5.32 Å². The van der Waals surface area contributed by atoms with E-state index in [-0.39, 0.29) is 10.9 Å². The summed E-state index contributed by atoms with van der Waals surface area (Å²) in [6, 6.07) is 8.59. The lowest BCUT2D eigenvalue weighted by Gasteiger charge is -2.08. The van der Waals surface area contributed by atoms with Crippen LogP contribution in [0, 0.1) is 0 Å². The third kappa shape index (κ3) is 3.90. The van der Waals surface area contributed by atoms with E-state index in [0.29, 0.717) is 22.4 Å².